The number of carbonyl (C=O) groups is 1. The van der Waals surface area contributed by atoms with Gasteiger partial charge < -0.3 is 5.32 Å². The van der Waals surface area contributed by atoms with Gasteiger partial charge in [0.2, 0.25) is 0 Å². The number of nitrogens with zero attached hydrogens (tertiary/aromatic N) is 6. The van der Waals surface area contributed by atoms with E-state index in [1.807, 2.05) is 24.3 Å². The molecule has 0 saturated heterocycles. The third kappa shape index (κ3) is 4.00. The maximum absolute atomic E-state index is 12.7. The summed E-state index contributed by atoms with van der Waals surface area (Å²) >= 11 is 0. The number of non-ortho nitro benzene ring substituents is 1. The van der Waals surface area contributed by atoms with Crippen molar-refractivity contribution in [1.29, 1.82) is 0 Å². The fourth-order valence-electron chi connectivity index (χ4n) is 2.77. The third-order valence-electron chi connectivity index (χ3n) is 4.23. The standard InChI is InChI=1S/C19H15N7O3/c27-19(23-18-4-2-1-3-14(18)10-24-13-20-12-22-24)15-9-21-25(11-15)16-5-7-17(8-6-16)26(28)29/h1-9,11-13H,10H2,(H,23,27). The minimum Gasteiger partial charge on any atom is -0.322 e. The van der Waals surface area contributed by atoms with E-state index in [1.165, 1.54) is 29.3 Å². The molecule has 2 aromatic carbocycles. The van der Waals surface area contributed by atoms with Gasteiger partial charge in [-0.2, -0.15) is 10.2 Å². The Labute approximate surface area is 164 Å². The van der Waals surface area contributed by atoms with Gasteiger partial charge in [-0.25, -0.2) is 14.3 Å². The summed E-state index contributed by atoms with van der Waals surface area (Å²) in [5.74, 6) is -0.316. The third-order valence-corrected chi connectivity index (χ3v) is 4.23. The summed E-state index contributed by atoms with van der Waals surface area (Å²) in [6.45, 7) is 0.471. The predicted molar refractivity (Wildman–Crippen MR) is 104 cm³/mol. The number of aromatic nitrogens is 5. The summed E-state index contributed by atoms with van der Waals surface area (Å²) in [7, 11) is 0. The smallest absolute Gasteiger partial charge is 0.269 e. The van der Waals surface area contributed by atoms with Crippen LogP contribution in [0.1, 0.15) is 15.9 Å². The number of nitrogens with one attached hydrogen (secondary N) is 1. The Balaban J connectivity index is 1.51. The molecule has 1 N–H and O–H groups in total. The Bertz CT molecular complexity index is 1150. The molecule has 2 aromatic heterocycles. The number of nitro benzene ring substituents is 1. The number of benzene rings is 2. The van der Waals surface area contributed by atoms with Gasteiger partial charge in [0, 0.05) is 24.0 Å². The molecule has 0 fully saturated rings. The van der Waals surface area contributed by atoms with Crippen LogP contribution in [0.2, 0.25) is 0 Å². The molecule has 1 amide bonds. The number of hydrogen-bond donors (Lipinski definition) is 1. The first-order valence-electron chi connectivity index (χ1n) is 8.61. The summed E-state index contributed by atoms with van der Waals surface area (Å²) in [6, 6.07) is 13.3. The molecule has 0 radical (unpaired) electrons. The summed E-state index contributed by atoms with van der Waals surface area (Å²) in [4.78, 5) is 26.9. The first-order valence-corrected chi connectivity index (χ1v) is 8.61. The zero-order valence-corrected chi connectivity index (χ0v) is 15.0. The number of rotatable bonds is 6. The van der Waals surface area contributed by atoms with Crippen LogP contribution >= 0.6 is 0 Å². The van der Waals surface area contributed by atoms with Crippen molar-refractivity contribution in [1.82, 2.24) is 24.5 Å². The van der Waals surface area contributed by atoms with Gasteiger partial charge >= 0.3 is 0 Å². The predicted octanol–water partition coefficient (Wildman–Crippen LogP) is 2.67. The van der Waals surface area contributed by atoms with E-state index < -0.39 is 4.92 Å². The number of carbonyl (C=O) groups excluding carboxylic acids is 1. The molecule has 0 spiro atoms. The van der Waals surface area contributed by atoms with Crippen LogP contribution in [-0.4, -0.2) is 35.4 Å². The van der Waals surface area contributed by atoms with Crippen LogP contribution in [0.25, 0.3) is 5.69 Å². The molecule has 10 nitrogen and oxygen atoms in total. The zero-order valence-electron chi connectivity index (χ0n) is 15.0. The lowest BCUT2D eigenvalue weighted by atomic mass is 10.1. The molecule has 0 saturated carbocycles. The SMILES string of the molecule is O=C(Nc1ccccc1Cn1cncn1)c1cnn(-c2ccc([N+](=O)[O-])cc2)c1. The Kier molecular flexibility index (Phi) is 4.81. The highest BCUT2D eigenvalue weighted by Crippen LogP contribution is 2.18. The minimum atomic E-state index is -0.470. The van der Waals surface area contributed by atoms with Crippen molar-refractivity contribution in [3.8, 4) is 5.69 Å². The first-order chi connectivity index (χ1) is 14.1. The van der Waals surface area contributed by atoms with E-state index in [0.717, 1.165) is 5.56 Å². The molecule has 10 heteroatoms. The van der Waals surface area contributed by atoms with Gasteiger partial charge in [0.25, 0.3) is 11.6 Å². The summed E-state index contributed by atoms with van der Waals surface area (Å²) in [5.41, 5.74) is 2.51. The second kappa shape index (κ2) is 7.72. The average molecular weight is 389 g/mol. The minimum absolute atomic E-state index is 0.0112. The molecular formula is C19H15N7O3. The van der Waals surface area contributed by atoms with Crippen LogP contribution in [0.5, 0.6) is 0 Å². The molecule has 4 rings (SSSR count). The molecule has 0 aliphatic carbocycles. The fraction of sp³-hybridized carbons (Fsp3) is 0.0526. The Morgan fingerprint density at radius 3 is 2.62 bits per heavy atom. The number of para-hydroxylation sites is 1. The molecule has 144 valence electrons. The van der Waals surface area contributed by atoms with Crippen molar-refractivity contribution in [3.63, 3.8) is 0 Å². The second-order valence-corrected chi connectivity index (χ2v) is 6.15. The molecule has 4 aromatic rings. The van der Waals surface area contributed by atoms with Crippen LogP contribution in [-0.2, 0) is 6.54 Å². The van der Waals surface area contributed by atoms with Gasteiger partial charge in [-0.3, -0.25) is 14.9 Å². The maximum Gasteiger partial charge on any atom is 0.269 e. The van der Waals surface area contributed by atoms with Crippen molar-refractivity contribution in [2.75, 3.05) is 5.32 Å². The Morgan fingerprint density at radius 2 is 1.90 bits per heavy atom. The van der Waals surface area contributed by atoms with Crippen LogP contribution < -0.4 is 5.32 Å². The van der Waals surface area contributed by atoms with Gasteiger partial charge in [-0.15, -0.1) is 0 Å². The van der Waals surface area contributed by atoms with E-state index in [9.17, 15) is 14.9 Å². The average Bonchev–Trinajstić information content (AvgIpc) is 3.42. The van der Waals surface area contributed by atoms with E-state index in [2.05, 4.69) is 20.5 Å². The molecule has 0 aliphatic rings. The number of nitro groups is 1. The quantitative estimate of drug-likeness (QED) is 0.400. The lowest BCUT2D eigenvalue weighted by molar-refractivity contribution is -0.384. The van der Waals surface area contributed by atoms with Gasteiger partial charge in [0.1, 0.15) is 12.7 Å². The topological polar surface area (TPSA) is 121 Å². The van der Waals surface area contributed by atoms with Crippen LogP contribution in [0.4, 0.5) is 11.4 Å². The largest absolute Gasteiger partial charge is 0.322 e. The molecular weight excluding hydrogens is 374 g/mol. The van der Waals surface area contributed by atoms with E-state index in [4.69, 9.17) is 0 Å². The molecule has 29 heavy (non-hydrogen) atoms. The van der Waals surface area contributed by atoms with Crippen LogP contribution in [0.15, 0.2) is 73.6 Å². The molecule has 2 heterocycles. The highest BCUT2D eigenvalue weighted by atomic mass is 16.6. The number of amides is 1. The molecule has 0 bridgehead atoms. The summed E-state index contributed by atoms with van der Waals surface area (Å²) in [5, 5.41) is 21.9. The molecule has 0 aliphatic heterocycles. The van der Waals surface area contributed by atoms with Crippen molar-refractivity contribution in [2.24, 2.45) is 0 Å². The Hall–Kier alpha value is -4.34. The zero-order chi connectivity index (χ0) is 20.2. The van der Waals surface area contributed by atoms with Crippen LogP contribution in [0.3, 0.4) is 0 Å². The van der Waals surface area contributed by atoms with E-state index >= 15 is 0 Å². The van der Waals surface area contributed by atoms with E-state index in [0.29, 0.717) is 23.5 Å². The highest BCUT2D eigenvalue weighted by molar-refractivity contribution is 6.04. The van der Waals surface area contributed by atoms with Gasteiger partial charge in [-0.1, -0.05) is 18.2 Å². The van der Waals surface area contributed by atoms with Crippen molar-refractivity contribution in [3.05, 3.63) is 94.8 Å². The van der Waals surface area contributed by atoms with E-state index in [-0.39, 0.29) is 11.6 Å². The van der Waals surface area contributed by atoms with E-state index in [1.54, 1.807) is 29.3 Å². The first kappa shape index (κ1) is 18.0. The highest BCUT2D eigenvalue weighted by Gasteiger charge is 2.13. The fourth-order valence-corrected chi connectivity index (χ4v) is 2.77. The second-order valence-electron chi connectivity index (χ2n) is 6.15. The molecule has 0 atom stereocenters. The maximum atomic E-state index is 12.7. The monoisotopic (exact) mass is 389 g/mol. The van der Waals surface area contributed by atoms with Gasteiger partial charge in [-0.05, 0) is 23.8 Å². The molecule has 0 unspecified atom stereocenters. The Morgan fingerprint density at radius 1 is 1.10 bits per heavy atom. The number of hydrogen-bond acceptors (Lipinski definition) is 6. The van der Waals surface area contributed by atoms with Crippen LogP contribution in [0, 0.1) is 10.1 Å². The van der Waals surface area contributed by atoms with Crippen molar-refractivity contribution in [2.45, 2.75) is 6.54 Å². The lowest BCUT2D eigenvalue weighted by Gasteiger charge is -2.10. The van der Waals surface area contributed by atoms with Gasteiger partial charge in [0.05, 0.1) is 28.9 Å². The summed E-state index contributed by atoms with van der Waals surface area (Å²) < 4.78 is 3.15. The number of anilines is 1. The summed E-state index contributed by atoms with van der Waals surface area (Å²) in [6.07, 6.45) is 6.06. The normalized spacial score (nSPS) is 10.6. The lowest BCUT2D eigenvalue weighted by Crippen LogP contribution is -2.13. The van der Waals surface area contributed by atoms with Crippen molar-refractivity contribution >= 4 is 17.3 Å². The van der Waals surface area contributed by atoms with Crippen molar-refractivity contribution < 1.29 is 9.72 Å². The van der Waals surface area contributed by atoms with Gasteiger partial charge in [0.15, 0.2) is 0 Å².